The van der Waals surface area contributed by atoms with Crippen LogP contribution in [-0.4, -0.2) is 49.9 Å². The van der Waals surface area contributed by atoms with E-state index < -0.39 is 30.0 Å². The second-order valence-electron chi connectivity index (χ2n) is 18.7. The van der Waals surface area contributed by atoms with Crippen molar-refractivity contribution in [1.29, 1.82) is 0 Å². The van der Waals surface area contributed by atoms with E-state index in [2.05, 4.69) is 25.9 Å². The fourth-order valence-electron chi connectivity index (χ4n) is 8.93. The topological polar surface area (TPSA) is 125 Å². The van der Waals surface area contributed by atoms with E-state index in [9.17, 15) is 28.0 Å². The Morgan fingerprint density at radius 3 is 1.44 bits per heavy atom. The van der Waals surface area contributed by atoms with Crippen LogP contribution >= 0.6 is 15.9 Å². The van der Waals surface area contributed by atoms with Crippen molar-refractivity contribution < 1.29 is 27.7 Å². The van der Waals surface area contributed by atoms with Crippen LogP contribution in [0.25, 0.3) is 32.7 Å². The van der Waals surface area contributed by atoms with Crippen molar-refractivity contribution in [2.24, 2.45) is 0 Å². The minimum Gasteiger partial charge on any atom is -0.399 e. The van der Waals surface area contributed by atoms with Crippen LogP contribution in [0.1, 0.15) is 68.5 Å². The molecule has 362 valence electrons. The van der Waals surface area contributed by atoms with Gasteiger partial charge < -0.3 is 29.1 Å². The van der Waals surface area contributed by atoms with Gasteiger partial charge in [-0.15, -0.1) is 0 Å². The predicted molar refractivity (Wildman–Crippen MR) is 280 cm³/mol. The number of nitrogens with one attached hydrogen (secondary N) is 2. The number of carbonyl (C=O) groups is 2. The lowest BCUT2D eigenvalue weighted by atomic mass is 9.78. The SMILES string of the molecule is C.CC1(C)OB(c2ccc(CC(=O)N3Cc4ccccc4C3)cc2F)OC1(C)C.O=C(Cc1ccc(-c2c[nH]c(=O)c3ccccc23)c(F)c1)N1Cc2ccccc2C1.O=c1[nH]cc(Br)c2ccccc12. The van der Waals surface area contributed by atoms with Crippen LogP contribution < -0.4 is 16.6 Å². The van der Waals surface area contributed by atoms with Gasteiger partial charge in [-0.1, -0.05) is 117 Å². The average molecular weight is 1020 g/mol. The third-order valence-electron chi connectivity index (χ3n) is 13.6. The molecular formula is C57H54BBrF2N4O6. The molecule has 3 aliphatic heterocycles. The Kier molecular flexibility index (Phi) is 14.7. The molecule has 11 rings (SSSR count). The third kappa shape index (κ3) is 10.7. The van der Waals surface area contributed by atoms with Crippen LogP contribution in [0.5, 0.6) is 0 Å². The molecule has 0 unspecified atom stereocenters. The first-order chi connectivity index (χ1) is 33.5. The minimum atomic E-state index is -0.747. The Labute approximate surface area is 419 Å². The smallest absolute Gasteiger partial charge is 0.399 e. The number of hydrogen-bond donors (Lipinski definition) is 2. The molecule has 0 aliphatic carbocycles. The molecule has 1 fully saturated rings. The van der Waals surface area contributed by atoms with Crippen LogP contribution in [0.3, 0.4) is 0 Å². The van der Waals surface area contributed by atoms with Gasteiger partial charge in [0.25, 0.3) is 11.1 Å². The zero-order valence-corrected chi connectivity index (χ0v) is 40.7. The highest BCUT2D eigenvalue weighted by atomic mass is 79.9. The third-order valence-corrected chi connectivity index (χ3v) is 14.2. The quantitative estimate of drug-likeness (QED) is 0.160. The van der Waals surface area contributed by atoms with Crippen molar-refractivity contribution in [2.45, 2.75) is 85.3 Å². The van der Waals surface area contributed by atoms with E-state index in [1.54, 1.807) is 53.6 Å². The maximum atomic E-state index is 15.0. The van der Waals surface area contributed by atoms with E-state index in [1.807, 2.05) is 111 Å². The number of rotatable bonds is 6. The number of nitrogens with zero attached hydrogens (tertiary/aromatic N) is 2. The molecule has 1 saturated heterocycles. The summed E-state index contributed by atoms with van der Waals surface area (Å²) in [6, 6.07) is 40.4. The molecule has 14 heteroatoms. The normalized spacial score (nSPS) is 15.0. The van der Waals surface area contributed by atoms with Gasteiger partial charge in [0.05, 0.1) is 24.0 Å². The first kappa shape index (κ1) is 50.4. The van der Waals surface area contributed by atoms with Crippen molar-refractivity contribution in [3.8, 4) is 11.1 Å². The van der Waals surface area contributed by atoms with Gasteiger partial charge >= 0.3 is 7.12 Å². The van der Waals surface area contributed by atoms with Gasteiger partial charge in [-0.2, -0.15) is 0 Å². The van der Waals surface area contributed by atoms with Gasteiger partial charge in [0.2, 0.25) is 11.8 Å². The molecule has 0 atom stereocenters. The van der Waals surface area contributed by atoms with Crippen molar-refractivity contribution in [1.82, 2.24) is 19.8 Å². The molecule has 2 amide bonds. The lowest BCUT2D eigenvalue weighted by molar-refractivity contribution is -0.131. The lowest BCUT2D eigenvalue weighted by Gasteiger charge is -2.32. The standard InChI is InChI=1S/C25H19FN2O2.C22H25BFNO3.C9H6BrNO.CH4/c26-23-11-16(12-24(29)28-14-17-5-1-2-6-18(17)15-28)9-10-20(23)22-13-27-25(30)21-8-4-3-7-19(21)22;1-21(2)22(3,4)28-23(27-21)18-10-9-15(11-19(18)24)12-20(26)25-13-16-7-5-6-8-17(16)14-25;10-8-5-11-9(12)7-4-2-1-3-6(7)8;/h1-11,13H,12,14-15H2,(H,27,30);5-11H,12-14H2,1-4H3;1-5H,(H,11,12);1H4. The van der Waals surface area contributed by atoms with E-state index >= 15 is 0 Å². The van der Waals surface area contributed by atoms with Crippen molar-refractivity contribution in [2.75, 3.05) is 0 Å². The molecule has 6 aromatic carbocycles. The van der Waals surface area contributed by atoms with Gasteiger partial charge in [0, 0.05) is 75.8 Å². The number of benzene rings is 6. The molecule has 8 aromatic rings. The van der Waals surface area contributed by atoms with Gasteiger partial charge in [0.15, 0.2) is 0 Å². The highest BCUT2D eigenvalue weighted by molar-refractivity contribution is 9.10. The number of halogens is 3. The Morgan fingerprint density at radius 1 is 0.563 bits per heavy atom. The molecule has 10 nitrogen and oxygen atoms in total. The monoisotopic (exact) mass is 1020 g/mol. The Morgan fingerprint density at radius 2 is 0.972 bits per heavy atom. The molecule has 3 aliphatic rings. The second-order valence-corrected chi connectivity index (χ2v) is 19.6. The largest absolute Gasteiger partial charge is 0.497 e. The number of aromatic nitrogens is 2. The molecule has 0 saturated carbocycles. The number of H-pyrrole nitrogens is 2. The predicted octanol–water partition coefficient (Wildman–Crippen LogP) is 10.6. The summed E-state index contributed by atoms with van der Waals surface area (Å²) in [7, 11) is -0.747. The first-order valence-electron chi connectivity index (χ1n) is 23.0. The fourth-order valence-corrected chi connectivity index (χ4v) is 9.39. The summed E-state index contributed by atoms with van der Waals surface area (Å²) in [4.78, 5) is 57.6. The summed E-state index contributed by atoms with van der Waals surface area (Å²) in [6.07, 6.45) is 3.52. The van der Waals surface area contributed by atoms with Crippen LogP contribution in [-0.2, 0) is 57.9 Å². The van der Waals surface area contributed by atoms with Crippen LogP contribution in [0, 0.1) is 11.6 Å². The number of amides is 2. The average Bonchev–Trinajstić information content (AvgIpc) is 4.05. The summed E-state index contributed by atoms with van der Waals surface area (Å²) in [5.74, 6) is -0.845. The Hall–Kier alpha value is -7.00. The lowest BCUT2D eigenvalue weighted by Crippen LogP contribution is -2.41. The first-order valence-corrected chi connectivity index (χ1v) is 23.8. The van der Waals surface area contributed by atoms with Gasteiger partial charge in [-0.25, -0.2) is 8.78 Å². The summed E-state index contributed by atoms with van der Waals surface area (Å²) >= 11 is 3.36. The number of aromatic amines is 2. The molecule has 2 N–H and O–H groups in total. The van der Waals surface area contributed by atoms with E-state index in [0.717, 1.165) is 21.0 Å². The van der Waals surface area contributed by atoms with Crippen molar-refractivity contribution >= 4 is 61.9 Å². The highest BCUT2D eigenvalue weighted by Gasteiger charge is 2.52. The molecule has 2 aromatic heterocycles. The Balaban J connectivity index is 0.000000153. The van der Waals surface area contributed by atoms with Gasteiger partial charge in [-0.05, 0) is 107 Å². The fraction of sp³-hybridized carbons (Fsp3) is 0.228. The number of fused-ring (bicyclic) bond motifs is 4. The van der Waals surface area contributed by atoms with E-state index in [0.29, 0.717) is 70.1 Å². The van der Waals surface area contributed by atoms with Crippen LogP contribution in [0.4, 0.5) is 8.78 Å². The summed E-state index contributed by atoms with van der Waals surface area (Å²) in [5, 5.41) is 2.87. The number of pyridine rings is 2. The zero-order chi connectivity index (χ0) is 49.3. The number of hydrogen-bond acceptors (Lipinski definition) is 6. The van der Waals surface area contributed by atoms with E-state index in [4.69, 9.17) is 9.31 Å². The Bertz CT molecular complexity index is 3360. The maximum Gasteiger partial charge on any atom is 0.497 e. The summed E-state index contributed by atoms with van der Waals surface area (Å²) in [5.41, 5.74) is 6.05. The van der Waals surface area contributed by atoms with Crippen LogP contribution in [0.2, 0.25) is 0 Å². The molecule has 5 heterocycles. The summed E-state index contributed by atoms with van der Waals surface area (Å²) < 4.78 is 42.5. The molecule has 71 heavy (non-hydrogen) atoms. The molecule has 0 spiro atoms. The zero-order valence-electron chi connectivity index (χ0n) is 39.2. The molecular weight excluding hydrogens is 965 g/mol. The maximum absolute atomic E-state index is 15.0. The highest BCUT2D eigenvalue weighted by Crippen LogP contribution is 2.37. The van der Waals surface area contributed by atoms with Crippen molar-refractivity contribution in [3.63, 3.8) is 0 Å². The van der Waals surface area contributed by atoms with Gasteiger partial charge in [-0.3, -0.25) is 19.2 Å². The minimum absolute atomic E-state index is 0. The molecule has 0 radical (unpaired) electrons. The molecule has 0 bridgehead atoms. The van der Waals surface area contributed by atoms with E-state index in [1.165, 1.54) is 29.5 Å². The van der Waals surface area contributed by atoms with Gasteiger partial charge in [0.1, 0.15) is 11.6 Å². The number of carbonyl (C=O) groups excluding carboxylic acids is 2. The second kappa shape index (κ2) is 20.8. The summed E-state index contributed by atoms with van der Waals surface area (Å²) in [6.45, 7) is 10.2. The van der Waals surface area contributed by atoms with Crippen LogP contribution in [0.15, 0.2) is 160 Å². The van der Waals surface area contributed by atoms with E-state index in [-0.39, 0.29) is 43.2 Å². The van der Waals surface area contributed by atoms with Crippen molar-refractivity contribution in [3.05, 3.63) is 216 Å².